The van der Waals surface area contributed by atoms with E-state index in [1.807, 2.05) is 30.3 Å². The molecule has 2 unspecified atom stereocenters. The molecule has 0 amide bonds. The van der Waals surface area contributed by atoms with E-state index in [1.165, 1.54) is 18.4 Å². The Hall–Kier alpha value is -2.94. The first-order chi connectivity index (χ1) is 22.3. The van der Waals surface area contributed by atoms with Crippen molar-refractivity contribution >= 4 is 45.6 Å². The fourth-order valence-electron chi connectivity index (χ4n) is 6.41. The molecular formula is C37H42Cl2N4O2S. The summed E-state index contributed by atoms with van der Waals surface area (Å²) in [5, 5.41) is 5.91. The average Bonchev–Trinajstić information content (AvgIpc) is 3.82. The highest BCUT2D eigenvalue weighted by atomic mass is 35.5. The zero-order valence-corrected chi connectivity index (χ0v) is 29.1. The molecule has 1 N–H and O–H groups in total. The normalized spacial score (nSPS) is 17.1. The number of nitrogens with zero attached hydrogens (tertiary/aromatic N) is 3. The van der Waals surface area contributed by atoms with Gasteiger partial charge in [-0.15, -0.1) is 11.3 Å². The number of likely N-dealkylation sites (N-methyl/N-ethyl adjacent to an activating group) is 1. The van der Waals surface area contributed by atoms with Crippen LogP contribution in [0.15, 0.2) is 66.7 Å². The Balaban J connectivity index is 1.08. The Labute approximate surface area is 286 Å². The van der Waals surface area contributed by atoms with Crippen LogP contribution in [-0.2, 0) is 17.9 Å². The monoisotopic (exact) mass is 676 g/mol. The lowest BCUT2D eigenvalue weighted by atomic mass is 9.85. The summed E-state index contributed by atoms with van der Waals surface area (Å²) in [5.74, 6) is 0.732. The van der Waals surface area contributed by atoms with Crippen molar-refractivity contribution < 1.29 is 9.53 Å². The van der Waals surface area contributed by atoms with E-state index in [0.717, 1.165) is 71.5 Å². The molecule has 0 bridgehead atoms. The van der Waals surface area contributed by atoms with E-state index < -0.39 is 0 Å². The van der Waals surface area contributed by atoms with Crippen LogP contribution in [0.1, 0.15) is 64.0 Å². The lowest BCUT2D eigenvalue weighted by molar-refractivity contribution is 0.0472. The van der Waals surface area contributed by atoms with Crippen LogP contribution in [-0.4, -0.2) is 60.0 Å². The van der Waals surface area contributed by atoms with Gasteiger partial charge in [-0.1, -0.05) is 66.5 Å². The maximum absolute atomic E-state index is 13.0. The van der Waals surface area contributed by atoms with Gasteiger partial charge in [0.15, 0.2) is 5.13 Å². The number of hydrogen-bond acceptors (Lipinski definition) is 7. The first kappa shape index (κ1) is 33.0. The molecule has 1 aliphatic heterocycles. The lowest BCUT2D eigenvalue weighted by Gasteiger charge is -2.32. The minimum Gasteiger partial charge on any atom is -0.457 e. The van der Waals surface area contributed by atoms with E-state index in [0.29, 0.717) is 27.4 Å². The van der Waals surface area contributed by atoms with Crippen LogP contribution in [0.5, 0.6) is 0 Å². The molecule has 0 spiro atoms. The molecule has 9 heteroatoms. The molecule has 2 atom stereocenters. The maximum atomic E-state index is 13.0. The summed E-state index contributed by atoms with van der Waals surface area (Å²) in [6, 6.07) is 22.3. The van der Waals surface area contributed by atoms with Gasteiger partial charge in [0.1, 0.15) is 6.61 Å². The van der Waals surface area contributed by atoms with E-state index in [2.05, 4.69) is 66.3 Å². The van der Waals surface area contributed by atoms with Crippen LogP contribution in [0.3, 0.4) is 0 Å². The quantitative estimate of drug-likeness (QED) is 0.151. The second-order valence-corrected chi connectivity index (χ2v) is 14.7. The van der Waals surface area contributed by atoms with Crippen LogP contribution in [0, 0.1) is 12.8 Å². The number of nitrogens with one attached hydrogen (secondary N) is 1. The Bertz CT molecular complexity index is 1650. The lowest BCUT2D eigenvalue weighted by Crippen LogP contribution is -2.43. The number of aryl methyl sites for hydroxylation is 1. The summed E-state index contributed by atoms with van der Waals surface area (Å²) in [6.45, 7) is 9.66. The fraction of sp³-hybridized carbons (Fsp3) is 0.405. The molecule has 1 aromatic heterocycles. The van der Waals surface area contributed by atoms with Gasteiger partial charge in [-0.3, -0.25) is 4.90 Å². The summed E-state index contributed by atoms with van der Waals surface area (Å²) in [5.41, 5.74) is 5.84. The van der Waals surface area contributed by atoms with Gasteiger partial charge in [0, 0.05) is 60.1 Å². The number of anilines is 1. The molecule has 0 radical (unpaired) electrons. The Morgan fingerprint density at radius 3 is 2.48 bits per heavy atom. The molecule has 46 heavy (non-hydrogen) atoms. The number of piperazine rings is 1. The van der Waals surface area contributed by atoms with Crippen molar-refractivity contribution in [1.82, 2.24) is 14.8 Å². The van der Waals surface area contributed by atoms with E-state index >= 15 is 0 Å². The number of esters is 1. The zero-order valence-electron chi connectivity index (χ0n) is 26.8. The highest BCUT2D eigenvalue weighted by Gasteiger charge is 2.37. The third-order valence-electron chi connectivity index (χ3n) is 9.19. The molecule has 2 aliphatic rings. The molecule has 6 nitrogen and oxygen atoms in total. The third kappa shape index (κ3) is 8.12. The van der Waals surface area contributed by atoms with Crippen molar-refractivity contribution in [3.63, 3.8) is 0 Å². The van der Waals surface area contributed by atoms with Gasteiger partial charge in [-0.05, 0) is 86.2 Å². The molecular weight excluding hydrogens is 635 g/mol. The Morgan fingerprint density at radius 2 is 1.78 bits per heavy atom. The minimum atomic E-state index is -0.284. The predicted molar refractivity (Wildman–Crippen MR) is 190 cm³/mol. The topological polar surface area (TPSA) is 57.7 Å². The van der Waals surface area contributed by atoms with E-state index in [-0.39, 0.29) is 18.6 Å². The maximum Gasteiger partial charge on any atom is 0.338 e. The van der Waals surface area contributed by atoms with Crippen LogP contribution in [0.25, 0.3) is 11.3 Å². The highest BCUT2D eigenvalue weighted by molar-refractivity contribution is 7.16. The summed E-state index contributed by atoms with van der Waals surface area (Å²) in [7, 11) is 2.16. The van der Waals surface area contributed by atoms with Gasteiger partial charge in [0.2, 0.25) is 0 Å². The van der Waals surface area contributed by atoms with Gasteiger partial charge in [0.05, 0.1) is 16.3 Å². The molecule has 1 saturated carbocycles. The van der Waals surface area contributed by atoms with Crippen LogP contribution < -0.4 is 5.32 Å². The van der Waals surface area contributed by atoms with Crippen molar-refractivity contribution in [2.75, 3.05) is 38.5 Å². The van der Waals surface area contributed by atoms with Gasteiger partial charge in [-0.2, -0.15) is 0 Å². The van der Waals surface area contributed by atoms with Crippen molar-refractivity contribution in [2.45, 2.75) is 58.2 Å². The highest BCUT2D eigenvalue weighted by Crippen LogP contribution is 2.46. The Kier molecular flexibility index (Phi) is 10.7. The summed E-state index contributed by atoms with van der Waals surface area (Å²) < 4.78 is 5.75. The fourth-order valence-corrected chi connectivity index (χ4v) is 7.80. The molecule has 6 rings (SSSR count). The number of benzene rings is 3. The van der Waals surface area contributed by atoms with Crippen molar-refractivity contribution in [3.8, 4) is 11.3 Å². The standard InChI is InChI=1S/C37H42Cl2N4O2S/c1-4-33(40-37-41-35(24(2)46-37)31-15-14-30(38)21-32(31)39)34(28-12-13-28)27-10-8-25(9-11-27)23-45-36(44)29-7-5-6-26(20-29)22-43-18-16-42(3)17-19-43/h5-11,14-15,20-21,28,33-34H,4,12-13,16-19,22-23H2,1-3H3,(H,40,41). The number of hydrogen-bond donors (Lipinski definition) is 1. The summed E-state index contributed by atoms with van der Waals surface area (Å²) in [4.78, 5) is 23.8. The van der Waals surface area contributed by atoms with Crippen LogP contribution in [0.4, 0.5) is 5.13 Å². The first-order valence-corrected chi connectivity index (χ1v) is 17.8. The van der Waals surface area contributed by atoms with Crippen LogP contribution in [0.2, 0.25) is 10.0 Å². The second-order valence-electron chi connectivity index (χ2n) is 12.7. The summed E-state index contributed by atoms with van der Waals surface area (Å²) in [6.07, 6.45) is 3.45. The van der Waals surface area contributed by atoms with Crippen molar-refractivity contribution in [2.24, 2.45) is 5.92 Å². The van der Waals surface area contributed by atoms with E-state index in [9.17, 15) is 4.79 Å². The molecule has 2 heterocycles. The number of rotatable bonds is 12. The largest absolute Gasteiger partial charge is 0.457 e. The van der Waals surface area contributed by atoms with Gasteiger partial charge < -0.3 is 15.0 Å². The average molecular weight is 678 g/mol. The van der Waals surface area contributed by atoms with Crippen molar-refractivity contribution in [1.29, 1.82) is 0 Å². The van der Waals surface area contributed by atoms with Gasteiger partial charge in [0.25, 0.3) is 0 Å². The molecule has 1 aliphatic carbocycles. The number of thiazole rings is 1. The number of carbonyl (C=O) groups excluding carboxylic acids is 1. The zero-order chi connectivity index (χ0) is 32.2. The molecule has 1 saturated heterocycles. The predicted octanol–water partition coefficient (Wildman–Crippen LogP) is 8.91. The first-order valence-electron chi connectivity index (χ1n) is 16.2. The smallest absolute Gasteiger partial charge is 0.338 e. The Morgan fingerprint density at radius 1 is 1.02 bits per heavy atom. The van der Waals surface area contributed by atoms with E-state index in [1.54, 1.807) is 17.4 Å². The SMILES string of the molecule is CCC(Nc1nc(-c2ccc(Cl)cc2Cl)c(C)s1)C(c1ccc(COC(=O)c2cccc(CN3CCN(C)CC3)c2)cc1)C1CC1. The summed E-state index contributed by atoms with van der Waals surface area (Å²) >= 11 is 14.3. The number of aromatic nitrogens is 1. The number of ether oxygens (including phenoxy) is 1. The minimum absolute atomic E-state index is 0.244. The van der Waals surface area contributed by atoms with Gasteiger partial charge >= 0.3 is 5.97 Å². The van der Waals surface area contributed by atoms with E-state index in [4.69, 9.17) is 32.9 Å². The second kappa shape index (κ2) is 14.9. The van der Waals surface area contributed by atoms with Crippen LogP contribution >= 0.6 is 34.5 Å². The molecule has 242 valence electrons. The third-order valence-corrected chi connectivity index (χ3v) is 10.6. The molecule has 3 aromatic carbocycles. The number of carbonyl (C=O) groups is 1. The molecule has 4 aromatic rings. The van der Waals surface area contributed by atoms with Gasteiger partial charge in [-0.25, -0.2) is 9.78 Å². The number of halogens is 2. The molecule has 2 fully saturated rings. The van der Waals surface area contributed by atoms with Crippen molar-refractivity contribution in [3.05, 3.63) is 104 Å².